The van der Waals surface area contributed by atoms with Gasteiger partial charge in [0.25, 0.3) is 0 Å². The molecule has 0 amide bonds. The van der Waals surface area contributed by atoms with E-state index in [0.29, 0.717) is 23.4 Å². The number of hydrogen-bond acceptors (Lipinski definition) is 4. The van der Waals surface area contributed by atoms with Gasteiger partial charge in [0.1, 0.15) is 11.3 Å². The summed E-state index contributed by atoms with van der Waals surface area (Å²) in [4.78, 5) is 17.2. The third-order valence-corrected chi connectivity index (χ3v) is 4.07. The third kappa shape index (κ3) is 3.22. The number of rotatable bonds is 4. The molecule has 1 N–H and O–H groups in total. The monoisotopic (exact) mass is 340 g/mol. The molecule has 0 fully saturated rings. The minimum absolute atomic E-state index is 0.0688. The second kappa shape index (κ2) is 7.83. The number of phenolic OH excluding ortho intramolecular Hbond substituents is 1. The molecule has 0 atom stereocenters. The van der Waals surface area contributed by atoms with Crippen molar-refractivity contribution in [2.24, 2.45) is 7.05 Å². The van der Waals surface area contributed by atoms with Crippen LogP contribution in [-0.2, 0) is 13.5 Å². The molecule has 132 valence electrons. The molecule has 25 heavy (non-hydrogen) atoms. The van der Waals surface area contributed by atoms with Gasteiger partial charge in [-0.2, -0.15) is 0 Å². The van der Waals surface area contributed by atoms with Gasteiger partial charge in [-0.05, 0) is 36.8 Å². The van der Waals surface area contributed by atoms with E-state index in [9.17, 15) is 9.90 Å². The lowest BCUT2D eigenvalue weighted by atomic mass is 9.99. The van der Waals surface area contributed by atoms with Crippen LogP contribution in [0.25, 0.3) is 10.9 Å². The molecule has 0 aliphatic carbocycles. The first kappa shape index (κ1) is 18.5. The number of nitrogens with zero attached hydrogens (tertiary/aromatic N) is 2. The molecule has 1 aromatic carbocycles. The number of methoxy groups -OCH3 is 1. The molecule has 0 saturated carbocycles. The second-order valence-corrected chi connectivity index (χ2v) is 5.33. The maximum Gasteiger partial charge on any atom is 0.238 e. The standard InChI is InChI=1S/C18H18N2O3.C2H6/c1-4-14-15(17(22)11-5-7-12(21)8-6-11)13-9-10-19-18(23-3)16(13)20(14)2;1-2/h5-10,21H,4H2,1-3H3;1-2H3. The van der Waals surface area contributed by atoms with Gasteiger partial charge in [0, 0.05) is 29.9 Å². The van der Waals surface area contributed by atoms with Crippen LogP contribution in [0.1, 0.15) is 42.4 Å². The number of benzene rings is 1. The Labute approximate surface area is 147 Å². The van der Waals surface area contributed by atoms with E-state index >= 15 is 0 Å². The van der Waals surface area contributed by atoms with E-state index < -0.39 is 0 Å². The molecule has 0 spiro atoms. The van der Waals surface area contributed by atoms with Crippen LogP contribution in [0.15, 0.2) is 36.5 Å². The van der Waals surface area contributed by atoms with Gasteiger partial charge < -0.3 is 14.4 Å². The topological polar surface area (TPSA) is 64.3 Å². The summed E-state index contributed by atoms with van der Waals surface area (Å²) in [7, 11) is 3.49. The minimum Gasteiger partial charge on any atom is -0.508 e. The number of aromatic nitrogens is 2. The third-order valence-electron chi connectivity index (χ3n) is 4.07. The number of hydrogen-bond donors (Lipinski definition) is 1. The Morgan fingerprint density at radius 3 is 2.40 bits per heavy atom. The number of carbonyl (C=O) groups is 1. The van der Waals surface area contributed by atoms with E-state index in [1.54, 1.807) is 25.4 Å². The molecule has 5 heteroatoms. The van der Waals surface area contributed by atoms with E-state index in [1.807, 2.05) is 38.5 Å². The van der Waals surface area contributed by atoms with Gasteiger partial charge in [-0.25, -0.2) is 4.98 Å². The highest BCUT2D eigenvalue weighted by Gasteiger charge is 2.23. The number of phenols is 1. The Morgan fingerprint density at radius 2 is 1.84 bits per heavy atom. The molecule has 2 aromatic heterocycles. The smallest absolute Gasteiger partial charge is 0.238 e. The van der Waals surface area contributed by atoms with Crippen LogP contribution in [-0.4, -0.2) is 27.6 Å². The van der Waals surface area contributed by atoms with Crippen LogP contribution < -0.4 is 4.74 Å². The minimum atomic E-state index is -0.0688. The van der Waals surface area contributed by atoms with Crippen molar-refractivity contribution >= 4 is 16.7 Å². The SMILES string of the molecule is CC.CCc1c(C(=O)c2ccc(O)cc2)c2ccnc(OC)c2n1C. The summed E-state index contributed by atoms with van der Waals surface area (Å²) >= 11 is 0. The van der Waals surface area contributed by atoms with Gasteiger partial charge in [0.15, 0.2) is 5.78 Å². The zero-order chi connectivity index (χ0) is 18.6. The Bertz CT molecular complexity index is 880. The lowest BCUT2D eigenvalue weighted by molar-refractivity contribution is 0.103. The van der Waals surface area contributed by atoms with E-state index in [2.05, 4.69) is 4.98 Å². The summed E-state index contributed by atoms with van der Waals surface area (Å²) in [6.45, 7) is 6.02. The molecule has 0 radical (unpaired) electrons. The number of pyridine rings is 1. The van der Waals surface area contributed by atoms with Crippen LogP contribution in [0.2, 0.25) is 0 Å². The Kier molecular flexibility index (Phi) is 5.80. The molecule has 3 rings (SSSR count). The number of ether oxygens (including phenoxy) is 1. The molecular formula is C20H24N2O3. The number of carbonyl (C=O) groups excluding carboxylic acids is 1. The fraction of sp³-hybridized carbons (Fsp3) is 0.300. The predicted octanol–water partition coefficient (Wildman–Crippen LogP) is 4.11. The van der Waals surface area contributed by atoms with E-state index in [-0.39, 0.29) is 11.5 Å². The molecule has 0 saturated heterocycles. The van der Waals surface area contributed by atoms with Crippen molar-refractivity contribution in [2.75, 3.05) is 7.11 Å². The normalized spacial score (nSPS) is 10.3. The first-order valence-corrected chi connectivity index (χ1v) is 8.42. The second-order valence-electron chi connectivity index (χ2n) is 5.33. The van der Waals surface area contributed by atoms with Crippen LogP contribution in [0, 0.1) is 0 Å². The van der Waals surface area contributed by atoms with Crippen LogP contribution in [0.3, 0.4) is 0 Å². The van der Waals surface area contributed by atoms with Crippen molar-refractivity contribution in [3.63, 3.8) is 0 Å². The highest BCUT2D eigenvalue weighted by atomic mass is 16.5. The first-order chi connectivity index (χ1) is 12.1. The van der Waals surface area contributed by atoms with E-state index in [1.165, 1.54) is 12.1 Å². The Morgan fingerprint density at radius 1 is 1.20 bits per heavy atom. The maximum atomic E-state index is 13.0. The highest BCUT2D eigenvalue weighted by molar-refractivity contribution is 6.18. The van der Waals surface area contributed by atoms with Gasteiger partial charge in [-0.15, -0.1) is 0 Å². The lowest BCUT2D eigenvalue weighted by Crippen LogP contribution is -2.05. The van der Waals surface area contributed by atoms with Crippen molar-refractivity contribution in [3.05, 3.63) is 53.3 Å². The molecule has 2 heterocycles. The van der Waals surface area contributed by atoms with Crippen molar-refractivity contribution in [3.8, 4) is 11.6 Å². The maximum absolute atomic E-state index is 13.0. The summed E-state index contributed by atoms with van der Waals surface area (Å²) in [5, 5.41) is 10.2. The van der Waals surface area contributed by atoms with E-state index in [4.69, 9.17) is 4.74 Å². The van der Waals surface area contributed by atoms with Gasteiger partial charge in [-0.3, -0.25) is 4.79 Å². The van der Waals surface area contributed by atoms with Crippen molar-refractivity contribution in [1.82, 2.24) is 9.55 Å². The molecule has 0 aliphatic heterocycles. The lowest BCUT2D eigenvalue weighted by Gasteiger charge is -2.05. The molecule has 0 bridgehead atoms. The van der Waals surface area contributed by atoms with Gasteiger partial charge >= 0.3 is 0 Å². The molecule has 0 unspecified atom stereocenters. The number of aromatic hydroxyl groups is 1. The first-order valence-electron chi connectivity index (χ1n) is 8.42. The molecular weight excluding hydrogens is 316 g/mol. The van der Waals surface area contributed by atoms with Gasteiger partial charge in [-0.1, -0.05) is 20.8 Å². The summed E-state index contributed by atoms with van der Waals surface area (Å²) < 4.78 is 7.31. The largest absolute Gasteiger partial charge is 0.508 e. The average Bonchev–Trinajstić information content (AvgIpc) is 2.95. The van der Waals surface area contributed by atoms with Crippen LogP contribution >= 0.6 is 0 Å². The molecule has 0 aliphatic rings. The quantitative estimate of drug-likeness (QED) is 0.726. The number of aryl methyl sites for hydroxylation is 1. The Hall–Kier alpha value is -2.82. The Balaban J connectivity index is 0.00000109. The number of fused-ring (bicyclic) bond motifs is 1. The van der Waals surface area contributed by atoms with Crippen molar-refractivity contribution < 1.29 is 14.6 Å². The highest BCUT2D eigenvalue weighted by Crippen LogP contribution is 2.32. The zero-order valence-electron chi connectivity index (χ0n) is 15.3. The van der Waals surface area contributed by atoms with Gasteiger partial charge in [0.05, 0.1) is 12.7 Å². The summed E-state index contributed by atoms with van der Waals surface area (Å²) in [6.07, 6.45) is 2.36. The summed E-state index contributed by atoms with van der Waals surface area (Å²) in [6, 6.07) is 8.14. The fourth-order valence-corrected chi connectivity index (χ4v) is 2.99. The van der Waals surface area contributed by atoms with Crippen molar-refractivity contribution in [2.45, 2.75) is 27.2 Å². The summed E-state index contributed by atoms with van der Waals surface area (Å²) in [5.41, 5.74) is 2.95. The van der Waals surface area contributed by atoms with Crippen LogP contribution in [0.4, 0.5) is 0 Å². The van der Waals surface area contributed by atoms with E-state index in [0.717, 1.165) is 16.6 Å². The molecule has 5 nitrogen and oxygen atoms in total. The predicted molar refractivity (Wildman–Crippen MR) is 99.5 cm³/mol. The zero-order valence-corrected chi connectivity index (χ0v) is 15.3. The van der Waals surface area contributed by atoms with Crippen molar-refractivity contribution in [1.29, 1.82) is 0 Å². The number of ketones is 1. The average molecular weight is 340 g/mol. The summed E-state index contributed by atoms with van der Waals surface area (Å²) in [5.74, 6) is 0.575. The fourth-order valence-electron chi connectivity index (χ4n) is 2.99. The van der Waals surface area contributed by atoms with Gasteiger partial charge in [0.2, 0.25) is 5.88 Å². The molecule has 3 aromatic rings. The van der Waals surface area contributed by atoms with Crippen LogP contribution in [0.5, 0.6) is 11.6 Å².